The molecule has 26 heavy (non-hydrogen) atoms. The number of halogens is 1. The number of carbonyl (C=O) groups is 2. The number of benzene rings is 2. The molecule has 1 unspecified atom stereocenters. The maximum absolute atomic E-state index is 13.7. The van der Waals surface area contributed by atoms with E-state index >= 15 is 0 Å². The van der Waals surface area contributed by atoms with E-state index in [-0.39, 0.29) is 35.1 Å². The minimum Gasteiger partial charge on any atom is -0.494 e. The van der Waals surface area contributed by atoms with Crippen molar-refractivity contribution in [2.75, 3.05) is 12.4 Å². The van der Waals surface area contributed by atoms with Crippen molar-refractivity contribution in [3.63, 3.8) is 0 Å². The summed E-state index contributed by atoms with van der Waals surface area (Å²) in [5.74, 6) is -0.648. The van der Waals surface area contributed by atoms with Gasteiger partial charge >= 0.3 is 0 Å². The predicted octanol–water partition coefficient (Wildman–Crippen LogP) is 3.67. The molecule has 0 heterocycles. The average molecular weight is 356 g/mol. The van der Waals surface area contributed by atoms with Gasteiger partial charge in [0.2, 0.25) is 5.91 Å². The normalized spacial score (nSPS) is 14.4. The van der Waals surface area contributed by atoms with Gasteiger partial charge in [-0.3, -0.25) is 9.59 Å². The minimum absolute atomic E-state index is 0.0561. The van der Waals surface area contributed by atoms with Crippen LogP contribution >= 0.6 is 0 Å². The molecule has 1 fully saturated rings. The lowest BCUT2D eigenvalue weighted by atomic mass is 10.1. The fourth-order valence-corrected chi connectivity index (χ4v) is 2.62. The van der Waals surface area contributed by atoms with E-state index in [0.717, 1.165) is 30.2 Å². The molecule has 0 aromatic heterocycles. The van der Waals surface area contributed by atoms with Gasteiger partial charge in [0, 0.05) is 17.2 Å². The Kier molecular flexibility index (Phi) is 5.21. The van der Waals surface area contributed by atoms with Crippen molar-refractivity contribution in [2.45, 2.75) is 25.8 Å². The van der Waals surface area contributed by atoms with Crippen LogP contribution in [0.15, 0.2) is 42.5 Å². The molecular formula is C20H21FN2O3. The SMILES string of the molecule is COc1ccc(C(=O)NC(C)c2ccc(NC(=O)C3CC3)cc2)cc1F. The first-order chi connectivity index (χ1) is 12.5. The molecule has 3 rings (SSSR count). The third-order valence-corrected chi connectivity index (χ3v) is 4.39. The van der Waals surface area contributed by atoms with Crippen LogP contribution in [0.1, 0.15) is 41.7 Å². The van der Waals surface area contributed by atoms with Gasteiger partial charge in [-0.05, 0) is 55.7 Å². The van der Waals surface area contributed by atoms with E-state index < -0.39 is 5.82 Å². The van der Waals surface area contributed by atoms with E-state index in [1.54, 1.807) is 0 Å². The van der Waals surface area contributed by atoms with Crippen LogP contribution in [-0.4, -0.2) is 18.9 Å². The van der Waals surface area contributed by atoms with Crippen molar-refractivity contribution in [3.05, 3.63) is 59.4 Å². The lowest BCUT2D eigenvalue weighted by Gasteiger charge is -2.15. The van der Waals surface area contributed by atoms with Crippen LogP contribution in [0.25, 0.3) is 0 Å². The molecule has 6 heteroatoms. The maximum atomic E-state index is 13.7. The van der Waals surface area contributed by atoms with Crippen molar-refractivity contribution in [1.82, 2.24) is 5.32 Å². The van der Waals surface area contributed by atoms with Gasteiger partial charge in [0.15, 0.2) is 11.6 Å². The summed E-state index contributed by atoms with van der Waals surface area (Å²) in [5, 5.41) is 5.71. The molecule has 136 valence electrons. The molecule has 1 atom stereocenters. The van der Waals surface area contributed by atoms with Crippen molar-refractivity contribution >= 4 is 17.5 Å². The number of rotatable bonds is 6. The predicted molar refractivity (Wildman–Crippen MR) is 96.6 cm³/mol. The number of carbonyl (C=O) groups excluding carboxylic acids is 2. The van der Waals surface area contributed by atoms with Crippen LogP contribution in [0.4, 0.5) is 10.1 Å². The first kappa shape index (κ1) is 17.9. The third-order valence-electron chi connectivity index (χ3n) is 4.39. The molecule has 0 saturated heterocycles. The molecule has 1 aliphatic carbocycles. The number of hydrogen-bond acceptors (Lipinski definition) is 3. The Morgan fingerprint density at radius 2 is 1.85 bits per heavy atom. The summed E-state index contributed by atoms with van der Waals surface area (Å²) < 4.78 is 18.6. The molecule has 0 spiro atoms. The van der Waals surface area contributed by atoms with Crippen LogP contribution in [0.5, 0.6) is 5.75 Å². The summed E-state index contributed by atoms with van der Waals surface area (Å²) >= 11 is 0. The molecule has 5 nitrogen and oxygen atoms in total. The Morgan fingerprint density at radius 3 is 2.42 bits per heavy atom. The highest BCUT2D eigenvalue weighted by Gasteiger charge is 2.29. The first-order valence-corrected chi connectivity index (χ1v) is 8.53. The lowest BCUT2D eigenvalue weighted by molar-refractivity contribution is -0.117. The van der Waals surface area contributed by atoms with Crippen molar-refractivity contribution < 1.29 is 18.7 Å². The molecule has 2 amide bonds. The zero-order chi connectivity index (χ0) is 18.7. The highest BCUT2D eigenvalue weighted by molar-refractivity contribution is 5.95. The van der Waals surface area contributed by atoms with Gasteiger partial charge in [0.05, 0.1) is 13.2 Å². The quantitative estimate of drug-likeness (QED) is 0.830. The van der Waals surface area contributed by atoms with Crippen LogP contribution in [0.2, 0.25) is 0 Å². The summed E-state index contributed by atoms with van der Waals surface area (Å²) in [5.41, 5.74) is 1.85. The summed E-state index contributed by atoms with van der Waals surface area (Å²) in [6.07, 6.45) is 1.91. The second-order valence-electron chi connectivity index (χ2n) is 6.43. The summed E-state index contributed by atoms with van der Waals surface area (Å²) in [4.78, 5) is 24.1. The smallest absolute Gasteiger partial charge is 0.251 e. The zero-order valence-corrected chi connectivity index (χ0v) is 14.7. The van der Waals surface area contributed by atoms with Gasteiger partial charge in [-0.25, -0.2) is 4.39 Å². The second-order valence-corrected chi connectivity index (χ2v) is 6.43. The highest BCUT2D eigenvalue weighted by Crippen LogP contribution is 2.30. The van der Waals surface area contributed by atoms with Gasteiger partial charge in [0.1, 0.15) is 0 Å². The fraction of sp³-hybridized carbons (Fsp3) is 0.300. The monoisotopic (exact) mass is 356 g/mol. The molecule has 1 saturated carbocycles. The highest BCUT2D eigenvalue weighted by atomic mass is 19.1. The van der Waals surface area contributed by atoms with Crippen molar-refractivity contribution in [1.29, 1.82) is 0 Å². The number of nitrogens with one attached hydrogen (secondary N) is 2. The Labute approximate surface area is 151 Å². The van der Waals surface area contributed by atoms with Gasteiger partial charge in [-0.1, -0.05) is 12.1 Å². The number of methoxy groups -OCH3 is 1. The van der Waals surface area contributed by atoms with E-state index in [1.807, 2.05) is 31.2 Å². The third kappa shape index (κ3) is 4.20. The zero-order valence-electron chi connectivity index (χ0n) is 14.7. The minimum atomic E-state index is -0.580. The molecule has 1 aliphatic rings. The van der Waals surface area contributed by atoms with Crippen molar-refractivity contribution in [2.24, 2.45) is 5.92 Å². The maximum Gasteiger partial charge on any atom is 0.251 e. The van der Waals surface area contributed by atoms with Gasteiger partial charge < -0.3 is 15.4 Å². The van der Waals surface area contributed by atoms with Gasteiger partial charge in [0.25, 0.3) is 5.91 Å². The average Bonchev–Trinajstić information content (AvgIpc) is 3.47. The molecular weight excluding hydrogens is 335 g/mol. The Balaban J connectivity index is 1.61. The number of hydrogen-bond donors (Lipinski definition) is 2. The first-order valence-electron chi connectivity index (χ1n) is 8.53. The summed E-state index contributed by atoms with van der Waals surface area (Å²) in [6, 6.07) is 11.1. The molecule has 2 N–H and O–H groups in total. The van der Waals surface area contributed by atoms with Gasteiger partial charge in [-0.15, -0.1) is 0 Å². The fourth-order valence-electron chi connectivity index (χ4n) is 2.62. The summed E-state index contributed by atoms with van der Waals surface area (Å²) in [7, 11) is 1.37. The number of anilines is 1. The van der Waals surface area contributed by atoms with Crippen LogP contribution in [-0.2, 0) is 4.79 Å². The van der Waals surface area contributed by atoms with E-state index in [2.05, 4.69) is 10.6 Å². The second kappa shape index (κ2) is 7.56. The molecule has 0 radical (unpaired) electrons. The Morgan fingerprint density at radius 1 is 1.15 bits per heavy atom. The van der Waals surface area contributed by atoms with E-state index in [9.17, 15) is 14.0 Å². The molecule has 2 aromatic rings. The van der Waals surface area contributed by atoms with Crippen LogP contribution < -0.4 is 15.4 Å². The largest absolute Gasteiger partial charge is 0.494 e. The van der Waals surface area contributed by atoms with Crippen molar-refractivity contribution in [3.8, 4) is 5.75 Å². The van der Waals surface area contributed by atoms with Crippen LogP contribution in [0, 0.1) is 11.7 Å². The lowest BCUT2D eigenvalue weighted by Crippen LogP contribution is -2.26. The molecule has 0 aliphatic heterocycles. The molecule has 2 aromatic carbocycles. The molecule has 0 bridgehead atoms. The topological polar surface area (TPSA) is 67.4 Å². The number of ether oxygens (including phenoxy) is 1. The van der Waals surface area contributed by atoms with E-state index in [4.69, 9.17) is 4.74 Å². The van der Waals surface area contributed by atoms with Crippen LogP contribution in [0.3, 0.4) is 0 Å². The van der Waals surface area contributed by atoms with E-state index in [0.29, 0.717) is 0 Å². The summed E-state index contributed by atoms with van der Waals surface area (Å²) in [6.45, 7) is 1.84. The number of amides is 2. The Hall–Kier alpha value is -2.89. The Bertz CT molecular complexity index is 816. The standard InChI is InChI=1S/C20H21FN2O3/c1-12(22-20(25)15-7-10-18(26-2)17(21)11-15)13-5-8-16(9-6-13)23-19(24)14-3-4-14/h5-12,14H,3-4H2,1-2H3,(H,22,25)(H,23,24). The van der Waals surface area contributed by atoms with Gasteiger partial charge in [-0.2, -0.15) is 0 Å². The van der Waals surface area contributed by atoms with E-state index in [1.165, 1.54) is 19.2 Å².